The molecule has 1 heterocycles. The van der Waals surface area contributed by atoms with Gasteiger partial charge in [0.1, 0.15) is 0 Å². The van der Waals surface area contributed by atoms with Gasteiger partial charge in [-0.05, 0) is 32.4 Å². The van der Waals surface area contributed by atoms with Gasteiger partial charge in [-0.2, -0.15) is 0 Å². The summed E-state index contributed by atoms with van der Waals surface area (Å²) < 4.78 is 0. The van der Waals surface area contributed by atoms with E-state index in [1.165, 1.54) is 19.3 Å². The summed E-state index contributed by atoms with van der Waals surface area (Å²) in [6.45, 7) is 8.35. The molecular weight excluding hydrogens is 200 g/mol. The summed E-state index contributed by atoms with van der Waals surface area (Å²) in [5.41, 5.74) is 0. The first-order valence-corrected chi connectivity index (χ1v) is 6.66. The maximum Gasteiger partial charge on any atom is 0.223 e. The first kappa shape index (κ1) is 13.5. The van der Waals surface area contributed by atoms with Gasteiger partial charge in [-0.3, -0.25) is 4.79 Å². The average Bonchev–Trinajstić information content (AvgIpc) is 2.15. The molecule has 1 fully saturated rings. The van der Waals surface area contributed by atoms with Gasteiger partial charge in [0.05, 0.1) is 0 Å². The Bertz CT molecular complexity index is 214. The summed E-state index contributed by atoms with van der Waals surface area (Å²) in [5, 5.41) is 6.33. The van der Waals surface area contributed by atoms with Crippen molar-refractivity contribution in [3.8, 4) is 0 Å². The van der Waals surface area contributed by atoms with Crippen molar-refractivity contribution in [2.24, 2.45) is 11.8 Å². The van der Waals surface area contributed by atoms with E-state index in [-0.39, 0.29) is 11.8 Å². The van der Waals surface area contributed by atoms with Crippen LogP contribution in [0.5, 0.6) is 0 Å². The van der Waals surface area contributed by atoms with Crippen LogP contribution < -0.4 is 10.6 Å². The van der Waals surface area contributed by atoms with Crippen LogP contribution >= 0.6 is 0 Å². The fraction of sp³-hybridized carbons (Fsp3) is 0.923. The Morgan fingerprint density at radius 2 is 2.06 bits per heavy atom. The predicted octanol–water partition coefficient (Wildman–Crippen LogP) is 1.93. The Morgan fingerprint density at radius 1 is 1.38 bits per heavy atom. The van der Waals surface area contributed by atoms with Gasteiger partial charge in [-0.15, -0.1) is 0 Å². The summed E-state index contributed by atoms with van der Waals surface area (Å²) in [6.07, 6.45) is 4.83. The number of carbonyl (C=O) groups is 1. The maximum absolute atomic E-state index is 11.9. The van der Waals surface area contributed by atoms with Crippen LogP contribution in [0.4, 0.5) is 0 Å². The third kappa shape index (κ3) is 4.12. The van der Waals surface area contributed by atoms with Crippen molar-refractivity contribution < 1.29 is 4.79 Å². The van der Waals surface area contributed by atoms with Crippen molar-refractivity contribution in [2.45, 2.75) is 52.5 Å². The van der Waals surface area contributed by atoms with Crippen molar-refractivity contribution >= 4 is 5.91 Å². The second kappa shape index (κ2) is 6.89. The fourth-order valence-corrected chi connectivity index (χ4v) is 2.03. The van der Waals surface area contributed by atoms with Gasteiger partial charge < -0.3 is 10.6 Å². The zero-order chi connectivity index (χ0) is 12.0. The minimum Gasteiger partial charge on any atom is -0.353 e. The van der Waals surface area contributed by atoms with Gasteiger partial charge in [-0.25, -0.2) is 0 Å². The lowest BCUT2D eigenvalue weighted by atomic mass is 9.88. The third-order valence-corrected chi connectivity index (χ3v) is 3.56. The largest absolute Gasteiger partial charge is 0.353 e. The molecule has 3 nitrogen and oxygen atoms in total. The molecule has 0 aliphatic carbocycles. The first-order valence-electron chi connectivity index (χ1n) is 6.66. The highest BCUT2D eigenvalue weighted by Crippen LogP contribution is 2.16. The molecule has 0 radical (unpaired) electrons. The number of hydrogen-bond donors (Lipinski definition) is 2. The van der Waals surface area contributed by atoms with Crippen LogP contribution in [0.2, 0.25) is 0 Å². The van der Waals surface area contributed by atoms with Crippen LogP contribution in [0.1, 0.15) is 46.5 Å². The van der Waals surface area contributed by atoms with Crippen molar-refractivity contribution in [1.29, 1.82) is 0 Å². The summed E-state index contributed by atoms with van der Waals surface area (Å²) >= 11 is 0. The summed E-state index contributed by atoms with van der Waals surface area (Å²) in [7, 11) is 0. The van der Waals surface area contributed by atoms with Crippen molar-refractivity contribution in [2.75, 3.05) is 13.1 Å². The minimum atomic E-state index is 0.162. The van der Waals surface area contributed by atoms with E-state index in [0.717, 1.165) is 19.5 Å². The van der Waals surface area contributed by atoms with Gasteiger partial charge in [0.2, 0.25) is 5.91 Å². The number of carbonyl (C=O) groups excluding carboxylic acids is 1. The molecule has 0 aromatic rings. The molecule has 2 N–H and O–H groups in total. The molecule has 0 aromatic heterocycles. The molecule has 1 saturated heterocycles. The minimum absolute atomic E-state index is 0.162. The quantitative estimate of drug-likeness (QED) is 0.651. The Labute approximate surface area is 99.4 Å². The number of nitrogens with one attached hydrogen (secondary N) is 2. The van der Waals surface area contributed by atoms with Gasteiger partial charge in [-0.1, -0.05) is 33.1 Å². The first-order chi connectivity index (χ1) is 7.65. The standard InChI is InChI=1S/C13H26N2O/c1-4-5-6-7-10(2)15-13(16)11(3)12-8-14-9-12/h10-12,14H,4-9H2,1-3H3,(H,15,16). The SMILES string of the molecule is CCCCCC(C)NC(=O)C(C)C1CNC1. The Balaban J connectivity index is 2.16. The van der Waals surface area contributed by atoms with E-state index in [4.69, 9.17) is 0 Å². The highest BCUT2D eigenvalue weighted by atomic mass is 16.1. The predicted molar refractivity (Wildman–Crippen MR) is 67.3 cm³/mol. The summed E-state index contributed by atoms with van der Waals surface area (Å²) in [6, 6.07) is 0.328. The second-order valence-electron chi connectivity index (χ2n) is 5.11. The van der Waals surface area contributed by atoms with Crippen LogP contribution in [0, 0.1) is 11.8 Å². The van der Waals surface area contributed by atoms with E-state index in [2.05, 4.69) is 24.5 Å². The van der Waals surface area contributed by atoms with Gasteiger partial charge in [0.25, 0.3) is 0 Å². The lowest BCUT2D eigenvalue weighted by molar-refractivity contribution is -0.127. The van der Waals surface area contributed by atoms with Crippen LogP contribution in [0.25, 0.3) is 0 Å². The number of rotatable bonds is 7. The average molecular weight is 226 g/mol. The van der Waals surface area contributed by atoms with Crippen molar-refractivity contribution in [1.82, 2.24) is 10.6 Å². The molecule has 0 bridgehead atoms. The van der Waals surface area contributed by atoms with Crippen molar-refractivity contribution in [3.63, 3.8) is 0 Å². The zero-order valence-electron chi connectivity index (χ0n) is 10.9. The Hall–Kier alpha value is -0.570. The molecule has 2 atom stereocenters. The van der Waals surface area contributed by atoms with Crippen LogP contribution in [0.15, 0.2) is 0 Å². The molecule has 1 aliphatic heterocycles. The van der Waals surface area contributed by atoms with Gasteiger partial charge in [0, 0.05) is 12.0 Å². The highest BCUT2D eigenvalue weighted by molar-refractivity contribution is 5.79. The molecule has 0 saturated carbocycles. The summed E-state index contributed by atoms with van der Waals surface area (Å²) in [4.78, 5) is 11.9. The fourth-order valence-electron chi connectivity index (χ4n) is 2.03. The van der Waals surface area contributed by atoms with Crippen LogP contribution in [0.3, 0.4) is 0 Å². The molecule has 3 heteroatoms. The number of amides is 1. The molecule has 2 unspecified atom stereocenters. The smallest absolute Gasteiger partial charge is 0.223 e. The summed E-state index contributed by atoms with van der Waals surface area (Å²) in [5.74, 6) is 0.938. The van der Waals surface area contributed by atoms with Crippen molar-refractivity contribution in [3.05, 3.63) is 0 Å². The molecule has 1 rings (SSSR count). The maximum atomic E-state index is 11.9. The molecular formula is C13H26N2O. The molecule has 0 spiro atoms. The molecule has 1 aliphatic rings. The van der Waals surface area contributed by atoms with Gasteiger partial charge in [0.15, 0.2) is 0 Å². The van der Waals surface area contributed by atoms with Gasteiger partial charge >= 0.3 is 0 Å². The Kier molecular flexibility index (Phi) is 5.81. The molecule has 0 aromatic carbocycles. The van der Waals surface area contributed by atoms with E-state index in [1.807, 2.05) is 6.92 Å². The van der Waals surface area contributed by atoms with Crippen LogP contribution in [-0.2, 0) is 4.79 Å². The van der Waals surface area contributed by atoms with E-state index in [9.17, 15) is 4.79 Å². The molecule has 16 heavy (non-hydrogen) atoms. The van der Waals surface area contributed by atoms with E-state index in [1.54, 1.807) is 0 Å². The lowest BCUT2D eigenvalue weighted by Gasteiger charge is -2.32. The lowest BCUT2D eigenvalue weighted by Crippen LogP contribution is -2.50. The monoisotopic (exact) mass is 226 g/mol. The molecule has 94 valence electrons. The number of unbranched alkanes of at least 4 members (excludes halogenated alkanes) is 2. The topological polar surface area (TPSA) is 41.1 Å². The normalized spacial score (nSPS) is 19.9. The number of hydrogen-bond acceptors (Lipinski definition) is 2. The van der Waals surface area contributed by atoms with Crippen LogP contribution in [-0.4, -0.2) is 25.0 Å². The van der Waals surface area contributed by atoms with E-state index < -0.39 is 0 Å². The molecule has 1 amide bonds. The Morgan fingerprint density at radius 3 is 2.56 bits per heavy atom. The second-order valence-corrected chi connectivity index (χ2v) is 5.11. The third-order valence-electron chi connectivity index (χ3n) is 3.56. The zero-order valence-corrected chi connectivity index (χ0v) is 10.9. The van der Waals surface area contributed by atoms with E-state index in [0.29, 0.717) is 12.0 Å². The highest BCUT2D eigenvalue weighted by Gasteiger charge is 2.28. The van der Waals surface area contributed by atoms with E-state index >= 15 is 0 Å².